The van der Waals surface area contributed by atoms with Crippen LogP contribution in [-0.4, -0.2) is 98.1 Å². The molecule has 1 saturated heterocycles. The molecule has 0 atom stereocenters. The first-order valence-corrected chi connectivity index (χ1v) is 17.7. The Morgan fingerprint density at radius 2 is 1.57 bits per heavy atom. The van der Waals surface area contributed by atoms with Crippen LogP contribution in [-0.2, 0) is 0 Å². The van der Waals surface area contributed by atoms with Crippen molar-refractivity contribution < 1.29 is 23.8 Å². The highest BCUT2D eigenvalue weighted by molar-refractivity contribution is 6.37. The van der Waals surface area contributed by atoms with Gasteiger partial charge in [0.1, 0.15) is 11.8 Å². The van der Waals surface area contributed by atoms with Crippen LogP contribution in [0.1, 0.15) is 51.1 Å². The highest BCUT2D eigenvalue weighted by Crippen LogP contribution is 2.40. The number of carbonyl (C=O) groups excluding carboxylic acids is 2. The van der Waals surface area contributed by atoms with Gasteiger partial charge >= 0.3 is 0 Å². The van der Waals surface area contributed by atoms with Gasteiger partial charge in [0, 0.05) is 63.0 Å². The summed E-state index contributed by atoms with van der Waals surface area (Å²) in [5.41, 5.74) is 3.94. The van der Waals surface area contributed by atoms with Crippen molar-refractivity contribution in [3.05, 3.63) is 81.0 Å². The number of hydrogen-bond acceptors (Lipinski definition) is 10. The molecule has 6 rings (SSSR count). The zero-order valence-electron chi connectivity index (χ0n) is 28.9. The Hall–Kier alpha value is -4.60. The normalized spacial score (nSPS) is 14.9. The molecule has 51 heavy (non-hydrogen) atoms. The molecule has 0 saturated carbocycles. The molecule has 2 amide bonds. The molecule has 0 radical (unpaired) electrons. The number of nitriles is 1. The number of rotatable bonds is 14. The summed E-state index contributed by atoms with van der Waals surface area (Å²) in [6.07, 6.45) is 4.07. The van der Waals surface area contributed by atoms with Crippen LogP contribution in [0.15, 0.2) is 48.7 Å². The van der Waals surface area contributed by atoms with Crippen molar-refractivity contribution >= 4 is 57.3 Å². The average Bonchev–Trinajstić information content (AvgIpc) is 3.38. The van der Waals surface area contributed by atoms with Crippen molar-refractivity contribution in [3.63, 3.8) is 0 Å². The molecule has 1 aromatic heterocycles. The molecular weight excluding hydrogens is 691 g/mol. The topological polar surface area (TPSA) is 120 Å². The molecule has 13 heteroatoms. The number of piperazine rings is 1. The minimum Gasteiger partial charge on any atom is -0.495 e. The van der Waals surface area contributed by atoms with Gasteiger partial charge in [-0.15, -0.1) is 0 Å². The Labute approximate surface area is 307 Å². The third-order valence-electron chi connectivity index (χ3n) is 9.43. The van der Waals surface area contributed by atoms with Crippen LogP contribution >= 0.6 is 23.2 Å². The third kappa shape index (κ3) is 7.85. The lowest BCUT2D eigenvalue weighted by molar-refractivity contribution is 0.0648. The number of nitrogens with zero attached hydrogens (tertiary/aromatic N) is 5. The molecule has 3 heterocycles. The zero-order valence-corrected chi connectivity index (χ0v) is 30.4. The molecule has 0 spiro atoms. The van der Waals surface area contributed by atoms with Gasteiger partial charge in [-0.3, -0.25) is 19.5 Å². The van der Waals surface area contributed by atoms with Crippen LogP contribution in [0.3, 0.4) is 0 Å². The maximum Gasteiger partial charge on any atom is 0.261 e. The van der Waals surface area contributed by atoms with Crippen LogP contribution < -0.4 is 19.5 Å². The number of ether oxygens (including phenoxy) is 3. The van der Waals surface area contributed by atoms with Crippen LogP contribution in [0.25, 0.3) is 10.9 Å². The number of aromatic nitrogens is 1. The van der Waals surface area contributed by atoms with Crippen LogP contribution in [0, 0.1) is 18.3 Å². The number of pyridine rings is 1. The average molecular weight is 732 g/mol. The number of benzene rings is 3. The largest absolute Gasteiger partial charge is 0.495 e. The molecule has 4 aromatic rings. The van der Waals surface area contributed by atoms with E-state index in [1.807, 2.05) is 31.2 Å². The number of imide groups is 1. The van der Waals surface area contributed by atoms with Crippen molar-refractivity contribution in [3.8, 4) is 23.3 Å². The van der Waals surface area contributed by atoms with E-state index in [1.165, 1.54) is 18.2 Å². The molecule has 11 nitrogen and oxygen atoms in total. The molecule has 2 aliphatic heterocycles. The Balaban J connectivity index is 0.970. The summed E-state index contributed by atoms with van der Waals surface area (Å²) in [4.78, 5) is 36.3. The maximum atomic E-state index is 12.8. The van der Waals surface area contributed by atoms with Gasteiger partial charge in [-0.25, -0.2) is 0 Å². The standard InChI is InChI=1S/C38H40Cl2N6O5/c1-24-8-6-9-26-35(24)38(48)46(37(26)47)12-5-4-10-44-13-15-45(16-14-44)11-7-17-51-34-20-30-27(18-33(34)50-3)36(25(22-41)23-42-30)43-31-21-32(49-2)29(40)19-28(31)39/h6,8-9,18-21,23H,4-5,7,10-17H2,1-3H3,(H,42,43). The summed E-state index contributed by atoms with van der Waals surface area (Å²) in [5, 5.41) is 14.5. The highest BCUT2D eigenvalue weighted by atomic mass is 35.5. The summed E-state index contributed by atoms with van der Waals surface area (Å²) in [6, 6.07) is 14.5. The molecule has 0 aliphatic carbocycles. The molecule has 1 fully saturated rings. The fourth-order valence-electron chi connectivity index (χ4n) is 6.63. The van der Waals surface area contributed by atoms with Crippen LogP contribution in [0.5, 0.6) is 17.2 Å². The zero-order chi connectivity index (χ0) is 36.1. The Morgan fingerprint density at radius 3 is 2.25 bits per heavy atom. The van der Waals surface area contributed by atoms with E-state index in [0.717, 1.165) is 64.1 Å². The quantitative estimate of drug-likeness (QED) is 0.108. The van der Waals surface area contributed by atoms with Gasteiger partial charge in [-0.2, -0.15) is 5.26 Å². The molecular formula is C38H40Cl2N6O5. The SMILES string of the molecule is COc1cc(Nc2c(C#N)cnc3cc(OCCCN4CCN(CCCCN5C(=O)c6cccc(C)c6C5=O)CC4)c(OC)cc23)c(Cl)cc1Cl. The predicted molar refractivity (Wildman–Crippen MR) is 198 cm³/mol. The summed E-state index contributed by atoms with van der Waals surface area (Å²) in [6.45, 7) is 8.59. The monoisotopic (exact) mass is 730 g/mol. The number of anilines is 2. The van der Waals surface area contributed by atoms with E-state index in [4.69, 9.17) is 37.4 Å². The maximum absolute atomic E-state index is 12.8. The lowest BCUT2D eigenvalue weighted by atomic mass is 10.0. The van der Waals surface area contributed by atoms with Gasteiger partial charge in [0.05, 0.1) is 64.5 Å². The van der Waals surface area contributed by atoms with Crippen LogP contribution in [0.4, 0.5) is 11.4 Å². The first kappa shape index (κ1) is 36.2. The van der Waals surface area contributed by atoms with Gasteiger partial charge in [0.15, 0.2) is 11.5 Å². The summed E-state index contributed by atoms with van der Waals surface area (Å²) < 4.78 is 17.2. The molecule has 2 aliphatic rings. The number of hydrogen-bond donors (Lipinski definition) is 1. The lowest BCUT2D eigenvalue weighted by Crippen LogP contribution is -2.47. The van der Waals surface area contributed by atoms with E-state index in [2.05, 4.69) is 26.2 Å². The van der Waals surface area contributed by atoms with Crippen molar-refractivity contribution in [1.29, 1.82) is 5.26 Å². The molecule has 3 aromatic carbocycles. The number of unbranched alkanes of at least 4 members (excludes halogenated alkanes) is 1. The summed E-state index contributed by atoms with van der Waals surface area (Å²) in [7, 11) is 3.10. The minimum atomic E-state index is -0.176. The van der Waals surface area contributed by atoms with Crippen molar-refractivity contribution in [1.82, 2.24) is 19.7 Å². The van der Waals surface area contributed by atoms with Crippen molar-refractivity contribution in [2.75, 3.05) is 72.0 Å². The number of carbonyl (C=O) groups is 2. The number of halogens is 2. The number of amides is 2. The number of aryl methyl sites for hydroxylation is 1. The second-order valence-electron chi connectivity index (χ2n) is 12.6. The van der Waals surface area contributed by atoms with E-state index in [1.54, 1.807) is 25.3 Å². The molecule has 266 valence electrons. The van der Waals surface area contributed by atoms with Gasteiger partial charge in [-0.1, -0.05) is 35.3 Å². The minimum absolute atomic E-state index is 0.167. The fourth-order valence-corrected chi connectivity index (χ4v) is 7.13. The first-order valence-electron chi connectivity index (χ1n) is 17.0. The number of fused-ring (bicyclic) bond motifs is 2. The molecule has 0 bridgehead atoms. The van der Waals surface area contributed by atoms with Gasteiger partial charge < -0.3 is 29.3 Å². The van der Waals surface area contributed by atoms with Crippen molar-refractivity contribution in [2.24, 2.45) is 0 Å². The predicted octanol–water partition coefficient (Wildman–Crippen LogP) is 6.95. The third-order valence-corrected chi connectivity index (χ3v) is 10.0. The number of nitrogens with one attached hydrogen (secondary N) is 1. The Bertz CT molecular complexity index is 1990. The summed E-state index contributed by atoms with van der Waals surface area (Å²) in [5.74, 6) is 1.19. The highest BCUT2D eigenvalue weighted by Gasteiger charge is 2.36. The lowest BCUT2D eigenvalue weighted by Gasteiger charge is -2.34. The summed E-state index contributed by atoms with van der Waals surface area (Å²) >= 11 is 12.7. The van der Waals surface area contributed by atoms with E-state index >= 15 is 0 Å². The van der Waals surface area contributed by atoms with Crippen molar-refractivity contribution in [2.45, 2.75) is 26.2 Å². The Morgan fingerprint density at radius 1 is 0.863 bits per heavy atom. The first-order chi connectivity index (χ1) is 24.7. The second kappa shape index (κ2) is 16.2. The number of methoxy groups -OCH3 is 2. The van der Waals surface area contributed by atoms with E-state index in [0.29, 0.717) is 79.4 Å². The smallest absolute Gasteiger partial charge is 0.261 e. The van der Waals surface area contributed by atoms with Crippen LogP contribution in [0.2, 0.25) is 10.0 Å². The molecule has 1 N–H and O–H groups in total. The van der Waals surface area contributed by atoms with Gasteiger partial charge in [0.25, 0.3) is 11.8 Å². The van der Waals surface area contributed by atoms with E-state index < -0.39 is 0 Å². The fraction of sp³-hybridized carbons (Fsp3) is 0.368. The molecule has 0 unspecified atom stereocenters. The Kier molecular flexibility index (Phi) is 11.5. The van der Waals surface area contributed by atoms with E-state index in [-0.39, 0.29) is 11.8 Å². The van der Waals surface area contributed by atoms with Gasteiger partial charge in [-0.05, 0) is 56.5 Å². The van der Waals surface area contributed by atoms with Gasteiger partial charge in [0.2, 0.25) is 0 Å². The van der Waals surface area contributed by atoms with E-state index in [9.17, 15) is 14.9 Å². The second-order valence-corrected chi connectivity index (χ2v) is 13.4.